The monoisotopic (exact) mass is 624 g/mol. The maximum atomic E-state index is 15.7. The van der Waals surface area contributed by atoms with Gasteiger partial charge in [-0.2, -0.15) is 0 Å². The number of allylic oxidation sites excluding steroid dienone is 1. The summed E-state index contributed by atoms with van der Waals surface area (Å²) in [7, 11) is 1.19. The molecule has 5 aromatic carbocycles. The van der Waals surface area contributed by atoms with Gasteiger partial charge in [-0.25, -0.2) is 9.18 Å². The van der Waals surface area contributed by atoms with Crippen LogP contribution >= 0.6 is 6.89 Å². The Hall–Kier alpha value is -5.45. The van der Waals surface area contributed by atoms with Crippen LogP contribution in [-0.4, -0.2) is 35.7 Å². The number of hydrogen-bond acceptors (Lipinski definition) is 5. The summed E-state index contributed by atoms with van der Waals surface area (Å²) in [5.74, 6) is -3.86. The second kappa shape index (κ2) is 11.2. The van der Waals surface area contributed by atoms with Crippen LogP contribution in [-0.2, 0) is 14.3 Å². The van der Waals surface area contributed by atoms with Crippen molar-refractivity contribution >= 4 is 57.0 Å². The predicted molar refractivity (Wildman–Crippen MR) is 178 cm³/mol. The molecule has 0 saturated carbocycles. The second-order valence-electron chi connectivity index (χ2n) is 11.1. The fourth-order valence-electron chi connectivity index (χ4n) is 6.95. The van der Waals surface area contributed by atoms with E-state index in [0.717, 1.165) is 22.0 Å². The summed E-state index contributed by atoms with van der Waals surface area (Å²) in [4.78, 5) is 59.4. The quantitative estimate of drug-likeness (QED) is 0.145. The Bertz CT molecular complexity index is 2030. The first kappa shape index (κ1) is 29.3. The summed E-state index contributed by atoms with van der Waals surface area (Å²) >= 11 is 0. The van der Waals surface area contributed by atoms with Gasteiger partial charge in [-0.05, 0) is 40.5 Å². The molecule has 1 spiro atoms. The van der Waals surface area contributed by atoms with Crippen molar-refractivity contribution in [3.63, 3.8) is 0 Å². The van der Waals surface area contributed by atoms with E-state index in [2.05, 4.69) is 0 Å². The lowest BCUT2D eigenvalue weighted by atomic mass is 9.73. The van der Waals surface area contributed by atoms with Crippen molar-refractivity contribution in [1.29, 1.82) is 0 Å². The van der Waals surface area contributed by atoms with Gasteiger partial charge < -0.3 is 4.74 Å². The zero-order valence-electron chi connectivity index (χ0n) is 24.6. The van der Waals surface area contributed by atoms with Gasteiger partial charge >= 0.3 is 5.97 Å². The number of methoxy groups -OCH3 is 1. The summed E-state index contributed by atoms with van der Waals surface area (Å²) in [6.45, 7) is -3.37. The van der Waals surface area contributed by atoms with Gasteiger partial charge in [0.25, 0.3) is 0 Å². The van der Waals surface area contributed by atoms with Crippen molar-refractivity contribution in [2.24, 2.45) is 5.41 Å². The fraction of sp³-hybridized carbons (Fsp3) is 0.0513. The SMILES string of the molecule is COC(=O)C1=C(c2cccc(F)c2)C2(C(=O)C1=P(c1ccccc1)(c1ccccc1)c1ccccc1)C(=O)c1ccccc1C2=O. The van der Waals surface area contributed by atoms with Crippen LogP contribution < -0.4 is 15.9 Å². The van der Waals surface area contributed by atoms with Gasteiger partial charge in [-0.1, -0.05) is 127 Å². The van der Waals surface area contributed by atoms with Gasteiger partial charge in [0, 0.05) is 22.0 Å². The number of ether oxygens (including phenoxy) is 1. The Morgan fingerprint density at radius 2 is 1.07 bits per heavy atom. The molecule has 7 rings (SSSR count). The largest absolute Gasteiger partial charge is 0.465 e. The first-order chi connectivity index (χ1) is 22.4. The van der Waals surface area contributed by atoms with Crippen LogP contribution in [0.2, 0.25) is 0 Å². The molecule has 0 bridgehead atoms. The summed E-state index contributed by atoms with van der Waals surface area (Å²) in [6.07, 6.45) is 0. The van der Waals surface area contributed by atoms with Gasteiger partial charge in [0.2, 0.25) is 0 Å². The molecule has 0 saturated heterocycles. The highest BCUT2D eigenvalue weighted by Crippen LogP contribution is 2.59. The Balaban J connectivity index is 1.80. The van der Waals surface area contributed by atoms with Crippen LogP contribution in [0.1, 0.15) is 26.3 Å². The molecule has 2 aliphatic carbocycles. The van der Waals surface area contributed by atoms with E-state index in [9.17, 15) is 18.8 Å². The summed E-state index contributed by atoms with van der Waals surface area (Å²) in [6, 6.07) is 39.6. The number of benzene rings is 5. The average Bonchev–Trinajstić information content (AvgIpc) is 3.50. The number of Topliss-reactive ketones (excluding diaryl/α,β-unsaturated/α-hetero) is 3. The molecule has 0 unspecified atom stereocenters. The normalized spacial score (nSPS) is 15.4. The topological polar surface area (TPSA) is 77.5 Å². The Morgan fingerprint density at radius 1 is 0.609 bits per heavy atom. The molecule has 0 aromatic heterocycles. The van der Waals surface area contributed by atoms with Crippen LogP contribution in [0.3, 0.4) is 0 Å². The maximum absolute atomic E-state index is 15.7. The molecule has 5 nitrogen and oxygen atoms in total. The van der Waals surface area contributed by atoms with E-state index >= 15 is 4.79 Å². The summed E-state index contributed by atoms with van der Waals surface area (Å²) < 4.78 is 20.4. The molecular formula is C39H26FO5P. The highest BCUT2D eigenvalue weighted by Gasteiger charge is 2.67. The predicted octanol–water partition coefficient (Wildman–Crippen LogP) is 5.57. The number of halogens is 1. The lowest BCUT2D eigenvalue weighted by Gasteiger charge is -2.32. The minimum absolute atomic E-state index is 0.0108. The Labute approximate surface area is 265 Å². The Kier molecular flexibility index (Phi) is 7.11. The maximum Gasteiger partial charge on any atom is 0.339 e. The Morgan fingerprint density at radius 3 is 1.50 bits per heavy atom. The van der Waals surface area contributed by atoms with Gasteiger partial charge in [0.15, 0.2) is 22.8 Å². The number of ketones is 3. The van der Waals surface area contributed by atoms with Crippen LogP contribution in [0.5, 0.6) is 0 Å². The lowest BCUT2D eigenvalue weighted by Crippen LogP contribution is -2.44. The first-order valence-corrected chi connectivity index (χ1v) is 16.4. The summed E-state index contributed by atoms with van der Waals surface area (Å²) in [5.41, 5.74) is -2.59. The standard InChI is InChI=1S/C39H26FO5P/c1-45-38(44)32-33(25-14-13-15-26(40)24-25)39(35(41)30-22-11-12-23-31(30)36(39)42)37(43)34(32)46(27-16-5-2-6-17-27,28-18-7-3-8-19-28)29-20-9-4-10-21-29/h2-24H,1H3. The minimum atomic E-state index is -3.37. The smallest absolute Gasteiger partial charge is 0.339 e. The van der Waals surface area contributed by atoms with E-state index in [-0.39, 0.29) is 33.1 Å². The van der Waals surface area contributed by atoms with E-state index in [4.69, 9.17) is 4.74 Å². The van der Waals surface area contributed by atoms with Crippen molar-refractivity contribution in [1.82, 2.24) is 0 Å². The van der Waals surface area contributed by atoms with Crippen LogP contribution in [0.4, 0.5) is 4.39 Å². The molecular weight excluding hydrogens is 598 g/mol. The zero-order valence-corrected chi connectivity index (χ0v) is 25.5. The van der Waals surface area contributed by atoms with Gasteiger partial charge in [-0.3, -0.25) is 14.4 Å². The van der Waals surface area contributed by atoms with E-state index in [1.807, 2.05) is 91.0 Å². The second-order valence-corrected chi connectivity index (χ2v) is 14.4. The van der Waals surface area contributed by atoms with Crippen molar-refractivity contribution in [3.05, 3.63) is 168 Å². The highest BCUT2D eigenvalue weighted by atomic mass is 31.2. The third kappa shape index (κ3) is 3.93. The molecule has 0 amide bonds. The first-order valence-electron chi connectivity index (χ1n) is 14.6. The van der Waals surface area contributed by atoms with E-state index in [0.29, 0.717) is 0 Å². The molecule has 46 heavy (non-hydrogen) atoms. The number of hydrogen-bond donors (Lipinski definition) is 0. The third-order valence-corrected chi connectivity index (χ3v) is 13.1. The molecule has 0 aliphatic heterocycles. The molecule has 7 heteroatoms. The van der Waals surface area contributed by atoms with Gasteiger partial charge in [-0.15, -0.1) is 0 Å². The lowest BCUT2D eigenvalue weighted by molar-refractivity contribution is -0.135. The molecule has 0 heterocycles. The van der Waals surface area contributed by atoms with E-state index in [1.165, 1.54) is 37.4 Å². The van der Waals surface area contributed by atoms with Crippen molar-refractivity contribution in [2.75, 3.05) is 7.11 Å². The van der Waals surface area contributed by atoms with Crippen molar-refractivity contribution in [3.8, 4) is 0 Å². The molecule has 5 aromatic rings. The number of esters is 1. The molecule has 0 fully saturated rings. The molecule has 0 N–H and O–H groups in total. The molecule has 0 radical (unpaired) electrons. The molecule has 0 atom stereocenters. The highest BCUT2D eigenvalue weighted by molar-refractivity contribution is 7.97. The number of fused-ring (bicyclic) bond motifs is 1. The van der Waals surface area contributed by atoms with E-state index < -0.39 is 41.4 Å². The summed E-state index contributed by atoms with van der Waals surface area (Å²) in [5, 5.41) is 2.19. The number of carbonyl (C=O) groups is 4. The van der Waals surface area contributed by atoms with Gasteiger partial charge in [0.1, 0.15) is 5.82 Å². The van der Waals surface area contributed by atoms with Crippen LogP contribution in [0, 0.1) is 11.2 Å². The molecule has 2 aliphatic rings. The minimum Gasteiger partial charge on any atom is -0.465 e. The van der Waals surface area contributed by atoms with Crippen LogP contribution in [0.15, 0.2) is 145 Å². The molecule has 224 valence electrons. The number of carbonyl (C=O) groups excluding carboxylic acids is 4. The van der Waals surface area contributed by atoms with Gasteiger partial charge in [0.05, 0.1) is 12.7 Å². The van der Waals surface area contributed by atoms with Crippen molar-refractivity contribution in [2.45, 2.75) is 0 Å². The fourth-order valence-corrected chi connectivity index (χ4v) is 11.5. The zero-order chi connectivity index (χ0) is 32.1. The van der Waals surface area contributed by atoms with Crippen molar-refractivity contribution < 1.29 is 28.3 Å². The average molecular weight is 625 g/mol. The van der Waals surface area contributed by atoms with Crippen LogP contribution in [0.25, 0.3) is 5.57 Å². The number of rotatable bonds is 5. The third-order valence-electron chi connectivity index (χ3n) is 8.78. The van der Waals surface area contributed by atoms with E-state index in [1.54, 1.807) is 12.1 Å².